The molecule has 0 amide bonds. The van der Waals surface area contributed by atoms with Crippen LogP contribution in [0.4, 0.5) is 0 Å². The summed E-state index contributed by atoms with van der Waals surface area (Å²) in [6.07, 6.45) is 9.35. The minimum atomic E-state index is 0. The van der Waals surface area contributed by atoms with Gasteiger partial charge in [0.1, 0.15) is 5.82 Å². The number of pyridine rings is 2. The van der Waals surface area contributed by atoms with Gasteiger partial charge < -0.3 is 13.9 Å². The van der Waals surface area contributed by atoms with Gasteiger partial charge in [-0.3, -0.25) is 9.55 Å². The third-order valence-electron chi connectivity index (χ3n) is 10.2. The van der Waals surface area contributed by atoms with E-state index in [9.17, 15) is 0 Å². The summed E-state index contributed by atoms with van der Waals surface area (Å²) in [6.45, 7) is 6.69. The zero-order valence-electron chi connectivity index (χ0n) is 30.3. The van der Waals surface area contributed by atoms with Crippen molar-refractivity contribution in [2.45, 2.75) is 26.2 Å². The number of ether oxygens (including phenoxy) is 1. The second-order valence-corrected chi connectivity index (χ2v) is 14.5. The van der Waals surface area contributed by atoms with Gasteiger partial charge in [0.25, 0.3) is 0 Å². The Hall–Kier alpha value is -6.30. The molecule has 0 fully saturated rings. The molecule has 0 aliphatic carbocycles. The number of imidazole rings is 1. The summed E-state index contributed by atoms with van der Waals surface area (Å²) in [4.78, 5) is 13.9. The van der Waals surface area contributed by atoms with E-state index in [1.165, 1.54) is 5.56 Å². The summed E-state index contributed by atoms with van der Waals surface area (Å²) >= 11 is 0. The first-order chi connectivity index (χ1) is 26.4. The Balaban J connectivity index is 0.00000397. The van der Waals surface area contributed by atoms with Gasteiger partial charge in [0.2, 0.25) is 5.95 Å². The molecule has 8 heteroatoms. The quantitative estimate of drug-likeness (QED) is 0.156. The standard InChI is InChI=1S/C47H34N6O.Pt/c1-47(2,3)33-13-15-34(16-14-33)51-27-26-49-46(51)53-42-11-7-5-9-38(42)40-20-18-36(29-44(40)53)54-35-17-19-39-37-8-4-6-10-41(37)52(43(39)28-35)45-21-12-32(30-50-45)31-22-24-48-25-23-31;/h4-27,30H,1-3H3;/q-2;+2. The number of aromatic nitrogens is 6. The van der Waals surface area contributed by atoms with Gasteiger partial charge >= 0.3 is 21.1 Å². The van der Waals surface area contributed by atoms with E-state index >= 15 is 0 Å². The molecular formula is C47H34N6OPt. The van der Waals surface area contributed by atoms with Gasteiger partial charge in [-0.2, -0.15) is 12.1 Å². The fraction of sp³-hybridized carbons (Fsp3) is 0.0851. The smallest absolute Gasteiger partial charge is 0.509 e. The monoisotopic (exact) mass is 893 g/mol. The van der Waals surface area contributed by atoms with Crippen LogP contribution in [0.1, 0.15) is 26.3 Å². The van der Waals surface area contributed by atoms with Gasteiger partial charge in [0, 0.05) is 64.8 Å². The van der Waals surface area contributed by atoms with Gasteiger partial charge in [-0.05, 0) is 75.8 Å². The van der Waals surface area contributed by atoms with Crippen molar-refractivity contribution in [1.82, 2.24) is 28.7 Å². The topological polar surface area (TPSA) is 62.7 Å². The predicted octanol–water partition coefficient (Wildman–Crippen LogP) is 11.2. The Bertz CT molecular complexity index is 2990. The third-order valence-corrected chi connectivity index (χ3v) is 10.2. The summed E-state index contributed by atoms with van der Waals surface area (Å²) in [7, 11) is 0. The van der Waals surface area contributed by atoms with Crippen LogP contribution in [0.2, 0.25) is 0 Å². The molecule has 0 atom stereocenters. The van der Waals surface area contributed by atoms with Crippen LogP contribution >= 0.6 is 0 Å². The normalized spacial score (nSPS) is 11.8. The molecule has 268 valence electrons. The molecule has 10 aromatic rings. The van der Waals surface area contributed by atoms with E-state index in [4.69, 9.17) is 14.7 Å². The molecule has 0 spiro atoms. The number of nitrogens with zero attached hydrogens (tertiary/aromatic N) is 6. The molecule has 0 aliphatic rings. The first-order valence-electron chi connectivity index (χ1n) is 18.0. The van der Waals surface area contributed by atoms with Crippen molar-refractivity contribution in [3.63, 3.8) is 0 Å². The molecule has 0 saturated carbocycles. The van der Waals surface area contributed by atoms with E-state index in [2.05, 4.69) is 143 Å². The Morgan fingerprint density at radius 3 is 1.80 bits per heavy atom. The maximum absolute atomic E-state index is 6.60. The van der Waals surface area contributed by atoms with Crippen LogP contribution in [0.3, 0.4) is 0 Å². The van der Waals surface area contributed by atoms with Crippen molar-refractivity contribution in [2.75, 3.05) is 0 Å². The number of hydrogen-bond acceptors (Lipinski definition) is 4. The molecule has 55 heavy (non-hydrogen) atoms. The van der Waals surface area contributed by atoms with E-state index in [-0.39, 0.29) is 26.5 Å². The number of rotatable bonds is 6. The van der Waals surface area contributed by atoms with Crippen LogP contribution in [0.25, 0.3) is 72.2 Å². The second kappa shape index (κ2) is 13.5. The zero-order valence-corrected chi connectivity index (χ0v) is 32.6. The van der Waals surface area contributed by atoms with Crippen LogP contribution in [-0.4, -0.2) is 28.7 Å². The fourth-order valence-corrected chi connectivity index (χ4v) is 7.45. The Labute approximate surface area is 332 Å². The molecule has 5 aromatic carbocycles. The maximum Gasteiger partial charge on any atom is 2.00 e. The number of fused-ring (bicyclic) bond motifs is 6. The van der Waals surface area contributed by atoms with Crippen molar-refractivity contribution < 1.29 is 25.8 Å². The van der Waals surface area contributed by atoms with Crippen LogP contribution in [0.15, 0.2) is 152 Å². The average Bonchev–Trinajstić information content (AvgIpc) is 3.90. The van der Waals surface area contributed by atoms with Crippen molar-refractivity contribution >= 4 is 43.6 Å². The average molecular weight is 894 g/mol. The molecule has 5 aromatic heterocycles. The van der Waals surface area contributed by atoms with E-state index < -0.39 is 0 Å². The Morgan fingerprint density at radius 1 is 0.564 bits per heavy atom. The van der Waals surface area contributed by atoms with Gasteiger partial charge in [0.15, 0.2) is 0 Å². The molecule has 5 heterocycles. The predicted molar refractivity (Wildman–Crippen MR) is 216 cm³/mol. The largest absolute Gasteiger partial charge is 2.00 e. The first-order valence-corrected chi connectivity index (χ1v) is 18.0. The molecule has 0 saturated heterocycles. The van der Waals surface area contributed by atoms with E-state index in [1.54, 1.807) is 12.4 Å². The molecule has 7 nitrogen and oxygen atoms in total. The Morgan fingerprint density at radius 2 is 1.18 bits per heavy atom. The van der Waals surface area contributed by atoms with E-state index in [0.29, 0.717) is 11.5 Å². The van der Waals surface area contributed by atoms with Crippen LogP contribution in [-0.2, 0) is 26.5 Å². The van der Waals surface area contributed by atoms with Gasteiger partial charge in [0.05, 0.1) is 0 Å². The van der Waals surface area contributed by atoms with Gasteiger partial charge in [-0.1, -0.05) is 80.3 Å². The van der Waals surface area contributed by atoms with Gasteiger partial charge in [-0.25, -0.2) is 9.97 Å². The summed E-state index contributed by atoms with van der Waals surface area (Å²) in [5, 5.41) is 4.38. The van der Waals surface area contributed by atoms with Crippen molar-refractivity contribution in [3.8, 4) is 40.1 Å². The summed E-state index contributed by atoms with van der Waals surface area (Å²) in [5.41, 5.74) is 8.33. The fourth-order valence-electron chi connectivity index (χ4n) is 7.45. The minimum Gasteiger partial charge on any atom is -0.509 e. The van der Waals surface area contributed by atoms with Gasteiger partial charge in [-0.15, -0.1) is 35.0 Å². The third kappa shape index (κ3) is 5.92. The molecule has 0 bridgehead atoms. The zero-order chi connectivity index (χ0) is 36.4. The van der Waals surface area contributed by atoms with Crippen LogP contribution < -0.4 is 4.74 Å². The SMILES string of the molecule is CC(C)(C)c1ccc(-n2ccnc2-n2c3[c-]c(Oc4[c-]c5c(cc4)c4ccccc4n5-c4ccc(-c5ccncc5)cn4)ccc3c3ccccc32)cc1.[Pt+2]. The molecule has 0 unspecified atom stereocenters. The minimum absolute atomic E-state index is 0. The number of hydrogen-bond donors (Lipinski definition) is 0. The van der Waals surface area contributed by atoms with Crippen LogP contribution in [0.5, 0.6) is 11.5 Å². The van der Waals surface area contributed by atoms with E-state index in [1.807, 2.05) is 48.9 Å². The molecular weight excluding hydrogens is 860 g/mol. The first kappa shape index (κ1) is 34.5. The van der Waals surface area contributed by atoms with Crippen LogP contribution in [0, 0.1) is 12.1 Å². The number of benzene rings is 5. The second-order valence-electron chi connectivity index (χ2n) is 14.5. The molecule has 10 rings (SSSR count). The molecule has 0 aliphatic heterocycles. The van der Waals surface area contributed by atoms with Crippen molar-refractivity contribution in [3.05, 3.63) is 170 Å². The van der Waals surface area contributed by atoms with Crippen molar-refractivity contribution in [2.24, 2.45) is 0 Å². The van der Waals surface area contributed by atoms with E-state index in [0.717, 1.165) is 72.2 Å². The summed E-state index contributed by atoms with van der Waals surface area (Å²) in [6, 6.07) is 49.0. The molecule has 0 radical (unpaired) electrons. The summed E-state index contributed by atoms with van der Waals surface area (Å²) < 4.78 is 13.0. The number of para-hydroxylation sites is 2. The Kier molecular flexibility index (Phi) is 8.48. The molecule has 0 N–H and O–H groups in total. The summed E-state index contributed by atoms with van der Waals surface area (Å²) in [5.74, 6) is 2.74. The van der Waals surface area contributed by atoms with Crippen molar-refractivity contribution in [1.29, 1.82) is 0 Å². The maximum atomic E-state index is 6.60.